The summed E-state index contributed by atoms with van der Waals surface area (Å²) >= 11 is 0. The average Bonchev–Trinajstić information content (AvgIpc) is 2.53. The minimum Gasteiger partial charge on any atom is -0.481 e. The van der Waals surface area contributed by atoms with Gasteiger partial charge in [-0.1, -0.05) is 6.92 Å². The minimum absolute atomic E-state index is 0.0216. The zero-order chi connectivity index (χ0) is 19.0. The summed E-state index contributed by atoms with van der Waals surface area (Å²) in [6.45, 7) is 2.88. The molecule has 9 heteroatoms. The van der Waals surface area contributed by atoms with Crippen LogP contribution in [0.2, 0.25) is 0 Å². The zero-order valence-corrected chi connectivity index (χ0v) is 15.0. The van der Waals surface area contributed by atoms with Gasteiger partial charge in [-0.15, -0.1) is 0 Å². The summed E-state index contributed by atoms with van der Waals surface area (Å²) < 4.78 is 9.70. The van der Waals surface area contributed by atoms with Gasteiger partial charge in [0.2, 0.25) is 0 Å². The summed E-state index contributed by atoms with van der Waals surface area (Å²) in [6, 6.07) is -1.03. The number of hydrogen-bond donors (Lipinski definition) is 2. The van der Waals surface area contributed by atoms with Crippen molar-refractivity contribution in [3.8, 4) is 0 Å². The molecule has 2 fully saturated rings. The van der Waals surface area contributed by atoms with Gasteiger partial charge in [0.25, 0.3) is 0 Å². The molecular weight excluding hydrogens is 332 g/mol. The molecule has 142 valence electrons. The molecule has 0 spiro atoms. The summed E-state index contributed by atoms with van der Waals surface area (Å²) in [7, 11) is 4.30. The van der Waals surface area contributed by atoms with Gasteiger partial charge in [-0.25, -0.2) is 0 Å². The SMILES string of the molecule is COC(=O)C(CC(=O)O)N1CC2(C)CN(C)CC(C(=O)OC)(C1)C2O. The summed E-state index contributed by atoms with van der Waals surface area (Å²) in [5.74, 6) is -2.38. The smallest absolute Gasteiger partial charge is 0.323 e. The van der Waals surface area contributed by atoms with Crippen molar-refractivity contribution in [3.63, 3.8) is 0 Å². The van der Waals surface area contributed by atoms with E-state index >= 15 is 0 Å². The molecule has 2 saturated heterocycles. The molecule has 2 rings (SSSR count). The monoisotopic (exact) mass is 358 g/mol. The molecule has 0 saturated carbocycles. The highest BCUT2D eigenvalue weighted by Gasteiger charge is 2.62. The summed E-state index contributed by atoms with van der Waals surface area (Å²) in [5.41, 5.74) is -1.97. The lowest BCUT2D eigenvalue weighted by atomic mass is 9.61. The Bertz CT molecular complexity index is 569. The van der Waals surface area contributed by atoms with Gasteiger partial charge in [0.05, 0.1) is 26.7 Å². The molecule has 4 atom stereocenters. The zero-order valence-electron chi connectivity index (χ0n) is 15.0. The normalized spacial score (nSPS) is 34.2. The largest absolute Gasteiger partial charge is 0.481 e. The second-order valence-corrected chi connectivity index (χ2v) is 7.42. The van der Waals surface area contributed by atoms with E-state index in [-0.39, 0.29) is 19.6 Å². The van der Waals surface area contributed by atoms with Crippen molar-refractivity contribution < 1.29 is 34.1 Å². The third-order valence-electron chi connectivity index (χ3n) is 5.29. The van der Waals surface area contributed by atoms with Crippen LogP contribution in [0.15, 0.2) is 0 Å². The maximum atomic E-state index is 12.6. The molecule has 0 radical (unpaired) electrons. The van der Waals surface area contributed by atoms with Crippen LogP contribution >= 0.6 is 0 Å². The number of rotatable bonds is 5. The average molecular weight is 358 g/mol. The quantitative estimate of drug-likeness (QED) is 0.584. The number of piperidine rings is 2. The lowest BCUT2D eigenvalue weighted by molar-refractivity contribution is -0.209. The summed E-state index contributed by atoms with van der Waals surface area (Å²) in [6.07, 6.45) is -1.39. The van der Waals surface area contributed by atoms with Crippen molar-refractivity contribution >= 4 is 17.9 Å². The van der Waals surface area contributed by atoms with Gasteiger partial charge >= 0.3 is 17.9 Å². The first-order chi connectivity index (χ1) is 11.6. The second-order valence-electron chi connectivity index (χ2n) is 7.42. The fourth-order valence-corrected chi connectivity index (χ4v) is 4.48. The Hall–Kier alpha value is -1.71. The highest BCUT2D eigenvalue weighted by molar-refractivity contribution is 5.83. The maximum absolute atomic E-state index is 12.6. The molecule has 4 unspecified atom stereocenters. The first kappa shape index (κ1) is 19.6. The van der Waals surface area contributed by atoms with Crippen molar-refractivity contribution in [2.45, 2.75) is 25.5 Å². The predicted octanol–water partition coefficient (Wildman–Crippen LogP) is -1.21. The molecule has 0 amide bonds. The molecule has 0 aromatic heterocycles. The highest BCUT2D eigenvalue weighted by Crippen LogP contribution is 2.47. The van der Waals surface area contributed by atoms with Gasteiger partial charge in [0, 0.05) is 31.6 Å². The number of ether oxygens (including phenoxy) is 2. The number of carbonyl (C=O) groups excluding carboxylic acids is 2. The van der Waals surface area contributed by atoms with Gasteiger partial charge < -0.3 is 24.6 Å². The lowest BCUT2D eigenvalue weighted by Gasteiger charge is -2.59. The molecule has 25 heavy (non-hydrogen) atoms. The molecule has 2 N–H and O–H groups in total. The molecule has 0 aromatic carbocycles. The maximum Gasteiger partial charge on any atom is 0.323 e. The Morgan fingerprint density at radius 3 is 2.32 bits per heavy atom. The van der Waals surface area contributed by atoms with Crippen molar-refractivity contribution in [1.82, 2.24) is 9.80 Å². The minimum atomic E-state index is -1.25. The van der Waals surface area contributed by atoms with Crippen molar-refractivity contribution in [2.24, 2.45) is 10.8 Å². The Morgan fingerprint density at radius 1 is 1.16 bits per heavy atom. The molecular formula is C16H26N2O7. The van der Waals surface area contributed by atoms with E-state index in [0.717, 1.165) is 0 Å². The van der Waals surface area contributed by atoms with Gasteiger partial charge in [0.1, 0.15) is 11.5 Å². The van der Waals surface area contributed by atoms with Crippen LogP contribution in [0, 0.1) is 10.8 Å². The molecule has 2 bridgehead atoms. The lowest BCUT2D eigenvalue weighted by Crippen LogP contribution is -2.74. The molecule has 9 nitrogen and oxygen atoms in total. The molecule has 2 aliphatic heterocycles. The molecule has 2 heterocycles. The van der Waals surface area contributed by atoms with Gasteiger partial charge in [0.15, 0.2) is 0 Å². The number of likely N-dealkylation sites (tertiary alicyclic amines) is 2. The van der Waals surface area contributed by atoms with E-state index in [0.29, 0.717) is 6.54 Å². The van der Waals surface area contributed by atoms with E-state index in [2.05, 4.69) is 0 Å². The third kappa shape index (κ3) is 3.36. The van der Waals surface area contributed by atoms with Crippen molar-refractivity contribution in [1.29, 1.82) is 0 Å². The van der Waals surface area contributed by atoms with Gasteiger partial charge in [-0.2, -0.15) is 0 Å². The molecule has 2 aliphatic rings. The third-order valence-corrected chi connectivity index (χ3v) is 5.29. The topological polar surface area (TPSA) is 117 Å². The Morgan fingerprint density at radius 2 is 1.80 bits per heavy atom. The molecule has 0 aromatic rings. The van der Waals surface area contributed by atoms with Crippen LogP contribution in [0.25, 0.3) is 0 Å². The summed E-state index contributed by atoms with van der Waals surface area (Å²) in [4.78, 5) is 39.5. The van der Waals surface area contributed by atoms with Gasteiger partial charge in [-0.3, -0.25) is 19.3 Å². The number of carboxylic acid groups (broad SMARTS) is 1. The van der Waals surface area contributed by atoms with E-state index < -0.39 is 47.3 Å². The van der Waals surface area contributed by atoms with Crippen molar-refractivity contribution in [2.75, 3.05) is 47.4 Å². The number of carbonyl (C=O) groups is 3. The first-order valence-electron chi connectivity index (χ1n) is 8.08. The summed E-state index contributed by atoms with van der Waals surface area (Å²) in [5, 5.41) is 20.1. The Labute approximate surface area is 146 Å². The van der Waals surface area contributed by atoms with Crippen LogP contribution in [0.3, 0.4) is 0 Å². The Kier molecular flexibility index (Phi) is 5.41. The van der Waals surface area contributed by atoms with E-state index in [1.54, 1.807) is 4.90 Å². The number of hydrogen-bond acceptors (Lipinski definition) is 8. The fraction of sp³-hybridized carbons (Fsp3) is 0.812. The van der Waals surface area contributed by atoms with E-state index in [9.17, 15) is 19.5 Å². The number of esters is 2. The standard InChI is InChI=1S/C16H26N2O7/c1-15-6-17(2)8-16(13(15)22,14(23)25-4)9-18(7-15)10(5-11(19)20)12(21)24-3/h10,13,22H,5-9H2,1-4H3,(H,19,20). The number of methoxy groups -OCH3 is 2. The van der Waals surface area contributed by atoms with Crippen LogP contribution in [0.4, 0.5) is 0 Å². The first-order valence-corrected chi connectivity index (χ1v) is 8.08. The second kappa shape index (κ2) is 6.89. The number of nitrogens with zero attached hydrogens (tertiary/aromatic N) is 2. The molecule has 0 aliphatic carbocycles. The van der Waals surface area contributed by atoms with E-state index in [1.807, 2.05) is 18.9 Å². The Balaban J connectivity index is 2.44. The van der Waals surface area contributed by atoms with Crippen LogP contribution < -0.4 is 0 Å². The number of fused-ring (bicyclic) bond motifs is 2. The number of carboxylic acids is 1. The van der Waals surface area contributed by atoms with Crippen LogP contribution in [0.1, 0.15) is 13.3 Å². The fourth-order valence-electron chi connectivity index (χ4n) is 4.48. The van der Waals surface area contributed by atoms with Crippen LogP contribution in [-0.2, 0) is 23.9 Å². The highest BCUT2D eigenvalue weighted by atomic mass is 16.5. The van der Waals surface area contributed by atoms with Crippen LogP contribution in [0.5, 0.6) is 0 Å². The van der Waals surface area contributed by atoms with E-state index in [4.69, 9.17) is 14.6 Å². The number of aliphatic hydroxyl groups excluding tert-OH is 1. The number of aliphatic hydroxyl groups is 1. The van der Waals surface area contributed by atoms with E-state index in [1.165, 1.54) is 14.2 Å². The van der Waals surface area contributed by atoms with Crippen LogP contribution in [-0.4, -0.2) is 97.5 Å². The number of aliphatic carboxylic acids is 1. The van der Waals surface area contributed by atoms with Gasteiger partial charge in [-0.05, 0) is 7.05 Å². The van der Waals surface area contributed by atoms with Crippen molar-refractivity contribution in [3.05, 3.63) is 0 Å². The predicted molar refractivity (Wildman–Crippen MR) is 85.7 cm³/mol.